The van der Waals surface area contributed by atoms with Gasteiger partial charge in [-0.25, -0.2) is 4.79 Å². The summed E-state index contributed by atoms with van der Waals surface area (Å²) in [5.41, 5.74) is 0.0235. The number of hydrogen-bond acceptors (Lipinski definition) is 4. The van der Waals surface area contributed by atoms with Gasteiger partial charge in [-0.2, -0.15) is 0 Å². The Kier molecular flexibility index (Phi) is 3.69. The lowest BCUT2D eigenvalue weighted by Crippen LogP contribution is -2.29. The van der Waals surface area contributed by atoms with E-state index >= 15 is 0 Å². The molecule has 0 saturated carbocycles. The molecule has 1 aromatic carbocycles. The van der Waals surface area contributed by atoms with E-state index in [0.717, 1.165) is 11.9 Å². The molecule has 0 fully saturated rings. The first-order chi connectivity index (χ1) is 9.47. The minimum absolute atomic E-state index is 0.152. The Bertz CT molecular complexity index is 728. The van der Waals surface area contributed by atoms with Crippen LogP contribution in [0.25, 0.3) is 0 Å². The number of anilines is 2. The van der Waals surface area contributed by atoms with E-state index in [0.29, 0.717) is 5.69 Å². The molecule has 1 aromatic heterocycles. The molecule has 0 aliphatic rings. The highest BCUT2D eigenvalue weighted by atomic mass is 16.2. The van der Waals surface area contributed by atoms with Gasteiger partial charge in [-0.1, -0.05) is 0 Å². The van der Waals surface area contributed by atoms with Crippen LogP contribution in [0.4, 0.5) is 11.4 Å². The first-order valence-corrected chi connectivity index (χ1v) is 5.88. The monoisotopic (exact) mass is 274 g/mol. The third kappa shape index (κ3) is 2.94. The van der Waals surface area contributed by atoms with Crippen LogP contribution in [0.2, 0.25) is 0 Å². The molecule has 3 N–H and O–H groups in total. The van der Waals surface area contributed by atoms with Crippen molar-refractivity contribution in [2.75, 3.05) is 24.3 Å². The molecule has 2 rings (SSSR count). The zero-order valence-electron chi connectivity index (χ0n) is 11.1. The van der Waals surface area contributed by atoms with Crippen molar-refractivity contribution in [1.29, 1.82) is 0 Å². The van der Waals surface area contributed by atoms with E-state index in [1.807, 2.05) is 36.1 Å². The number of hydrogen-bond donors (Lipinski definition) is 3. The van der Waals surface area contributed by atoms with E-state index in [2.05, 4.69) is 10.3 Å². The van der Waals surface area contributed by atoms with Gasteiger partial charge in [-0.15, -0.1) is 0 Å². The summed E-state index contributed by atoms with van der Waals surface area (Å²) in [5, 5.41) is 2.59. The van der Waals surface area contributed by atoms with Crippen molar-refractivity contribution in [1.82, 2.24) is 9.97 Å². The molecule has 0 aliphatic carbocycles. The van der Waals surface area contributed by atoms with Crippen LogP contribution in [0, 0.1) is 0 Å². The van der Waals surface area contributed by atoms with Gasteiger partial charge in [-0.3, -0.25) is 14.6 Å². The molecule has 0 radical (unpaired) electrons. The smallest absolute Gasteiger partial charge is 0.325 e. The van der Waals surface area contributed by atoms with Crippen molar-refractivity contribution in [2.45, 2.75) is 0 Å². The van der Waals surface area contributed by atoms with Gasteiger partial charge < -0.3 is 15.2 Å². The lowest BCUT2D eigenvalue weighted by molar-refractivity contribution is 0.102. The van der Waals surface area contributed by atoms with Crippen molar-refractivity contribution in [3.8, 4) is 0 Å². The van der Waals surface area contributed by atoms with Crippen molar-refractivity contribution in [3.05, 3.63) is 56.9 Å². The Hall–Kier alpha value is -2.83. The van der Waals surface area contributed by atoms with Gasteiger partial charge in [0.1, 0.15) is 5.56 Å². The average molecular weight is 274 g/mol. The topological polar surface area (TPSA) is 98.1 Å². The molecule has 0 atom stereocenters. The zero-order valence-corrected chi connectivity index (χ0v) is 11.1. The fourth-order valence-corrected chi connectivity index (χ4v) is 1.62. The van der Waals surface area contributed by atoms with Gasteiger partial charge >= 0.3 is 5.69 Å². The second kappa shape index (κ2) is 5.43. The summed E-state index contributed by atoms with van der Waals surface area (Å²) in [6, 6.07) is 7.14. The average Bonchev–Trinajstić information content (AvgIpc) is 2.39. The fraction of sp³-hybridized carbons (Fsp3) is 0.154. The summed E-state index contributed by atoms with van der Waals surface area (Å²) < 4.78 is 0. The maximum Gasteiger partial charge on any atom is 0.325 e. The standard InChI is InChI=1S/C13H14N4O3/c1-17(2)9-5-3-8(4-6-9)15-11(18)10-7-14-13(20)16-12(10)19/h3-7H,1-2H3,(H,15,18)(H2,14,16,19,20). The number of nitrogens with zero attached hydrogens (tertiary/aromatic N) is 1. The lowest BCUT2D eigenvalue weighted by Gasteiger charge is -2.12. The van der Waals surface area contributed by atoms with Gasteiger partial charge in [0.2, 0.25) is 0 Å². The van der Waals surface area contributed by atoms with Crippen LogP contribution in [0.1, 0.15) is 10.4 Å². The number of aromatic amines is 2. The maximum atomic E-state index is 11.9. The number of carbonyl (C=O) groups excluding carboxylic acids is 1. The Morgan fingerprint density at radius 1 is 1.15 bits per heavy atom. The molecule has 1 heterocycles. The highest BCUT2D eigenvalue weighted by Gasteiger charge is 2.11. The SMILES string of the molecule is CN(C)c1ccc(NC(=O)c2c[nH]c(=O)[nH]c2=O)cc1. The lowest BCUT2D eigenvalue weighted by atomic mass is 10.2. The molecule has 2 aromatic rings. The van der Waals surface area contributed by atoms with E-state index < -0.39 is 17.2 Å². The van der Waals surface area contributed by atoms with Crippen molar-refractivity contribution in [3.63, 3.8) is 0 Å². The summed E-state index contributed by atoms with van der Waals surface area (Å²) in [4.78, 5) is 40.4. The molecule has 7 nitrogen and oxygen atoms in total. The van der Waals surface area contributed by atoms with Gasteiger partial charge in [0.05, 0.1) is 0 Å². The molecule has 0 unspecified atom stereocenters. The van der Waals surface area contributed by atoms with Gasteiger partial charge in [-0.05, 0) is 24.3 Å². The molecule has 20 heavy (non-hydrogen) atoms. The molecule has 0 aliphatic heterocycles. The maximum absolute atomic E-state index is 11.9. The normalized spacial score (nSPS) is 10.1. The first kappa shape index (κ1) is 13.6. The van der Waals surface area contributed by atoms with Crippen LogP contribution in [0.5, 0.6) is 0 Å². The summed E-state index contributed by atoms with van der Waals surface area (Å²) in [6.45, 7) is 0. The van der Waals surface area contributed by atoms with E-state index in [9.17, 15) is 14.4 Å². The zero-order chi connectivity index (χ0) is 14.7. The second-order valence-corrected chi connectivity index (χ2v) is 4.38. The van der Waals surface area contributed by atoms with E-state index in [-0.39, 0.29) is 5.56 Å². The molecular weight excluding hydrogens is 260 g/mol. The van der Waals surface area contributed by atoms with Crippen LogP contribution in [-0.2, 0) is 0 Å². The third-order valence-electron chi connectivity index (χ3n) is 2.71. The van der Waals surface area contributed by atoms with E-state index in [4.69, 9.17) is 0 Å². The Balaban J connectivity index is 2.19. The summed E-state index contributed by atoms with van der Waals surface area (Å²) >= 11 is 0. The van der Waals surface area contributed by atoms with Gasteiger partial charge in [0.25, 0.3) is 11.5 Å². The molecule has 7 heteroatoms. The molecule has 0 spiro atoms. The summed E-state index contributed by atoms with van der Waals surface area (Å²) in [7, 11) is 3.82. The fourth-order valence-electron chi connectivity index (χ4n) is 1.62. The quantitative estimate of drug-likeness (QED) is 0.753. The van der Waals surface area contributed by atoms with Crippen molar-refractivity contribution < 1.29 is 4.79 Å². The molecule has 1 amide bonds. The van der Waals surface area contributed by atoms with Crippen LogP contribution in [-0.4, -0.2) is 30.0 Å². The van der Waals surface area contributed by atoms with Gasteiger partial charge in [0, 0.05) is 31.7 Å². The highest BCUT2D eigenvalue weighted by molar-refractivity contribution is 6.03. The third-order valence-corrected chi connectivity index (χ3v) is 2.71. The molecule has 104 valence electrons. The Morgan fingerprint density at radius 3 is 2.35 bits per heavy atom. The largest absolute Gasteiger partial charge is 0.378 e. The number of aromatic nitrogens is 2. The minimum atomic E-state index is -0.726. The number of benzene rings is 1. The highest BCUT2D eigenvalue weighted by Crippen LogP contribution is 2.15. The Morgan fingerprint density at radius 2 is 1.80 bits per heavy atom. The van der Waals surface area contributed by atoms with E-state index in [1.54, 1.807) is 12.1 Å². The van der Waals surface area contributed by atoms with Crippen LogP contribution < -0.4 is 21.5 Å². The molecular formula is C13H14N4O3. The number of rotatable bonds is 3. The summed E-state index contributed by atoms with van der Waals surface area (Å²) in [5.74, 6) is -0.583. The molecule has 0 saturated heterocycles. The minimum Gasteiger partial charge on any atom is -0.378 e. The predicted octanol–water partition coefficient (Wildman–Crippen LogP) is 0.382. The predicted molar refractivity (Wildman–Crippen MR) is 76.4 cm³/mol. The Labute approximate surface area is 114 Å². The van der Waals surface area contributed by atoms with Crippen molar-refractivity contribution in [2.24, 2.45) is 0 Å². The van der Waals surface area contributed by atoms with Crippen LogP contribution in [0.15, 0.2) is 40.1 Å². The van der Waals surface area contributed by atoms with Crippen LogP contribution in [0.3, 0.4) is 0 Å². The number of carbonyl (C=O) groups is 1. The number of amides is 1. The van der Waals surface area contributed by atoms with Crippen LogP contribution >= 0.6 is 0 Å². The second-order valence-electron chi connectivity index (χ2n) is 4.38. The van der Waals surface area contributed by atoms with Gasteiger partial charge in [0.15, 0.2) is 0 Å². The number of H-pyrrole nitrogens is 2. The summed E-state index contributed by atoms with van der Waals surface area (Å²) in [6.07, 6.45) is 1.09. The first-order valence-electron chi connectivity index (χ1n) is 5.88. The molecule has 0 bridgehead atoms. The van der Waals surface area contributed by atoms with E-state index in [1.165, 1.54) is 0 Å². The number of nitrogens with one attached hydrogen (secondary N) is 3. The van der Waals surface area contributed by atoms with Crippen molar-refractivity contribution >= 4 is 17.3 Å².